The highest BCUT2D eigenvalue weighted by molar-refractivity contribution is 7.98. The van der Waals surface area contributed by atoms with Crippen molar-refractivity contribution in [3.05, 3.63) is 97.7 Å². The Balaban J connectivity index is 1.74. The Labute approximate surface area is 174 Å². The lowest BCUT2D eigenvalue weighted by molar-refractivity contribution is -0.384. The molecule has 2 aromatic heterocycles. The molecule has 0 amide bonds. The van der Waals surface area contributed by atoms with E-state index in [9.17, 15) is 14.9 Å². The summed E-state index contributed by atoms with van der Waals surface area (Å²) in [4.78, 5) is 28.3. The second-order valence-corrected chi connectivity index (χ2v) is 7.62. The van der Waals surface area contributed by atoms with Crippen molar-refractivity contribution in [3.8, 4) is 0 Å². The number of non-ortho nitro benzene ring substituents is 1. The van der Waals surface area contributed by atoms with Gasteiger partial charge in [0, 0.05) is 22.9 Å². The zero-order valence-electron chi connectivity index (χ0n) is 14.9. The van der Waals surface area contributed by atoms with Crippen LogP contribution in [0.3, 0.4) is 0 Å². The Morgan fingerprint density at radius 3 is 2.79 bits per heavy atom. The first-order valence-corrected chi connectivity index (χ1v) is 9.96. The van der Waals surface area contributed by atoms with E-state index in [0.717, 1.165) is 5.56 Å². The molecule has 0 atom stereocenters. The van der Waals surface area contributed by atoms with Gasteiger partial charge in [-0.1, -0.05) is 35.5 Å². The molecule has 0 unspecified atom stereocenters. The molecule has 2 heterocycles. The molecule has 0 bridgehead atoms. The molecule has 0 aliphatic carbocycles. The minimum absolute atomic E-state index is 0.0225. The molecule has 0 aliphatic rings. The molecule has 0 saturated heterocycles. The van der Waals surface area contributed by atoms with E-state index >= 15 is 0 Å². The van der Waals surface area contributed by atoms with Gasteiger partial charge in [-0.05, 0) is 35.9 Å². The van der Waals surface area contributed by atoms with E-state index in [1.54, 1.807) is 48.7 Å². The van der Waals surface area contributed by atoms with Crippen LogP contribution >= 0.6 is 23.4 Å². The van der Waals surface area contributed by atoms with E-state index in [4.69, 9.17) is 16.0 Å². The van der Waals surface area contributed by atoms with Crippen LogP contribution < -0.4 is 5.56 Å². The van der Waals surface area contributed by atoms with Crippen LogP contribution in [0.1, 0.15) is 11.3 Å². The molecule has 0 radical (unpaired) electrons. The average molecular weight is 428 g/mol. The number of nitro benzene ring substituents is 1. The fraction of sp³-hybridized carbons (Fsp3) is 0.100. The number of benzene rings is 2. The highest BCUT2D eigenvalue weighted by Gasteiger charge is 2.14. The normalized spacial score (nSPS) is 11.1. The van der Waals surface area contributed by atoms with Crippen LogP contribution in [0, 0.1) is 10.1 Å². The van der Waals surface area contributed by atoms with E-state index in [0.29, 0.717) is 32.6 Å². The number of halogens is 1. The molecular formula is C20H14ClN3O4S. The van der Waals surface area contributed by atoms with Gasteiger partial charge >= 0.3 is 0 Å². The highest BCUT2D eigenvalue weighted by atomic mass is 35.5. The van der Waals surface area contributed by atoms with Crippen molar-refractivity contribution in [2.75, 3.05) is 0 Å². The lowest BCUT2D eigenvalue weighted by Gasteiger charge is -2.12. The summed E-state index contributed by atoms with van der Waals surface area (Å²) in [5, 5.41) is 12.4. The second-order valence-electron chi connectivity index (χ2n) is 6.24. The summed E-state index contributed by atoms with van der Waals surface area (Å²) in [5.74, 6) is 1.04. The Hall–Kier alpha value is -3.10. The summed E-state index contributed by atoms with van der Waals surface area (Å²) in [6.45, 7) is 0.231. The van der Waals surface area contributed by atoms with Crippen LogP contribution in [0.5, 0.6) is 0 Å². The van der Waals surface area contributed by atoms with Crippen LogP contribution in [0.25, 0.3) is 10.9 Å². The number of fused-ring (bicyclic) bond motifs is 1. The Bertz CT molecular complexity index is 1250. The number of nitrogens with zero attached hydrogens (tertiary/aromatic N) is 3. The molecule has 2 aromatic carbocycles. The molecule has 4 rings (SSSR count). The number of nitro groups is 1. The molecule has 7 nitrogen and oxygen atoms in total. The number of hydrogen-bond donors (Lipinski definition) is 0. The molecule has 29 heavy (non-hydrogen) atoms. The quantitative estimate of drug-likeness (QED) is 0.188. The van der Waals surface area contributed by atoms with E-state index in [-0.39, 0.29) is 17.8 Å². The summed E-state index contributed by atoms with van der Waals surface area (Å²) < 4.78 is 6.93. The number of rotatable bonds is 6. The van der Waals surface area contributed by atoms with Crippen molar-refractivity contribution in [2.24, 2.45) is 0 Å². The van der Waals surface area contributed by atoms with Crippen LogP contribution in [-0.4, -0.2) is 14.5 Å². The maximum absolute atomic E-state index is 13.1. The van der Waals surface area contributed by atoms with Gasteiger partial charge in [0.1, 0.15) is 5.76 Å². The van der Waals surface area contributed by atoms with Gasteiger partial charge in [-0.3, -0.25) is 19.5 Å². The molecule has 0 fully saturated rings. The smallest absolute Gasteiger partial charge is 0.269 e. The minimum atomic E-state index is -0.433. The third-order valence-corrected chi connectivity index (χ3v) is 5.55. The minimum Gasteiger partial charge on any atom is -0.467 e. The van der Waals surface area contributed by atoms with Crippen LogP contribution in [-0.2, 0) is 12.3 Å². The molecule has 4 aromatic rings. The first-order valence-electron chi connectivity index (χ1n) is 8.60. The molecule has 146 valence electrons. The average Bonchev–Trinajstić information content (AvgIpc) is 3.22. The van der Waals surface area contributed by atoms with Gasteiger partial charge in [-0.15, -0.1) is 0 Å². The Morgan fingerprint density at radius 1 is 1.17 bits per heavy atom. The zero-order valence-corrected chi connectivity index (χ0v) is 16.5. The van der Waals surface area contributed by atoms with Gasteiger partial charge in [-0.25, -0.2) is 4.98 Å². The van der Waals surface area contributed by atoms with E-state index in [2.05, 4.69) is 4.98 Å². The third-order valence-electron chi connectivity index (χ3n) is 4.27. The molecule has 0 N–H and O–H groups in total. The third kappa shape index (κ3) is 4.18. The number of hydrogen-bond acceptors (Lipinski definition) is 6. The maximum Gasteiger partial charge on any atom is 0.269 e. The van der Waals surface area contributed by atoms with Crippen LogP contribution in [0.4, 0.5) is 5.69 Å². The van der Waals surface area contributed by atoms with Gasteiger partial charge in [0.05, 0.1) is 28.6 Å². The van der Waals surface area contributed by atoms with Crippen molar-refractivity contribution >= 4 is 40.0 Å². The first-order chi connectivity index (χ1) is 14.0. The van der Waals surface area contributed by atoms with Crippen molar-refractivity contribution in [3.63, 3.8) is 0 Å². The Morgan fingerprint density at radius 2 is 2.03 bits per heavy atom. The van der Waals surface area contributed by atoms with Crippen molar-refractivity contribution in [1.29, 1.82) is 0 Å². The topological polar surface area (TPSA) is 91.2 Å². The SMILES string of the molecule is O=c1c2ccc(Cl)cc2nc(SCc2cccc([N+](=O)[O-])c2)n1Cc1ccco1. The van der Waals surface area contributed by atoms with E-state index in [1.807, 2.05) is 0 Å². The monoisotopic (exact) mass is 427 g/mol. The fourth-order valence-electron chi connectivity index (χ4n) is 2.89. The number of thioether (sulfide) groups is 1. The van der Waals surface area contributed by atoms with E-state index in [1.165, 1.54) is 28.5 Å². The Kier molecular flexibility index (Phi) is 5.37. The number of aromatic nitrogens is 2. The molecular weight excluding hydrogens is 414 g/mol. The van der Waals surface area contributed by atoms with Crippen molar-refractivity contribution < 1.29 is 9.34 Å². The van der Waals surface area contributed by atoms with E-state index < -0.39 is 4.92 Å². The highest BCUT2D eigenvalue weighted by Crippen LogP contribution is 2.25. The van der Waals surface area contributed by atoms with Gasteiger partial charge in [-0.2, -0.15) is 0 Å². The molecule has 0 aliphatic heterocycles. The van der Waals surface area contributed by atoms with Crippen LogP contribution in [0.15, 0.2) is 75.2 Å². The summed E-state index contributed by atoms with van der Waals surface area (Å²) in [6, 6.07) is 14.9. The predicted octanol–water partition coefficient (Wildman–Crippen LogP) is 4.89. The van der Waals surface area contributed by atoms with Crippen LogP contribution in [0.2, 0.25) is 5.02 Å². The standard InChI is InChI=1S/C20H14ClN3O4S/c21-14-6-7-17-18(10-14)22-20(23(19(17)25)11-16-5-2-8-28-16)29-12-13-3-1-4-15(9-13)24(26)27/h1-10H,11-12H2. The van der Waals surface area contributed by atoms with Crippen molar-refractivity contribution in [2.45, 2.75) is 17.5 Å². The zero-order chi connectivity index (χ0) is 20.4. The second kappa shape index (κ2) is 8.10. The van der Waals surface area contributed by atoms with Gasteiger partial charge in [0.2, 0.25) is 0 Å². The lowest BCUT2D eigenvalue weighted by atomic mass is 10.2. The summed E-state index contributed by atoms with van der Waals surface area (Å²) >= 11 is 7.39. The fourth-order valence-corrected chi connectivity index (χ4v) is 4.00. The maximum atomic E-state index is 13.1. The van der Waals surface area contributed by atoms with Gasteiger partial charge < -0.3 is 4.42 Å². The summed E-state index contributed by atoms with van der Waals surface area (Å²) in [5.41, 5.74) is 1.08. The lowest BCUT2D eigenvalue weighted by Crippen LogP contribution is -2.23. The van der Waals surface area contributed by atoms with Gasteiger partial charge in [0.25, 0.3) is 11.2 Å². The molecule has 0 saturated carbocycles. The molecule has 0 spiro atoms. The predicted molar refractivity (Wildman–Crippen MR) is 111 cm³/mol. The number of furan rings is 1. The molecule has 9 heteroatoms. The van der Waals surface area contributed by atoms with Crippen molar-refractivity contribution in [1.82, 2.24) is 9.55 Å². The first kappa shape index (κ1) is 19.2. The summed E-state index contributed by atoms with van der Waals surface area (Å²) in [7, 11) is 0. The van der Waals surface area contributed by atoms with Gasteiger partial charge in [0.15, 0.2) is 5.16 Å². The summed E-state index contributed by atoms with van der Waals surface area (Å²) in [6.07, 6.45) is 1.55. The largest absolute Gasteiger partial charge is 0.467 e.